The highest BCUT2D eigenvalue weighted by Gasteiger charge is 2.21. The van der Waals surface area contributed by atoms with E-state index in [0.717, 1.165) is 11.3 Å². The van der Waals surface area contributed by atoms with Crippen molar-refractivity contribution in [3.63, 3.8) is 0 Å². The van der Waals surface area contributed by atoms with Gasteiger partial charge in [-0.2, -0.15) is 11.8 Å². The molecule has 2 unspecified atom stereocenters. The molecular weight excluding hydrogens is 216 g/mol. The molecule has 0 spiro atoms. The van der Waals surface area contributed by atoms with Gasteiger partial charge in [0.05, 0.1) is 0 Å². The molecule has 1 aliphatic carbocycles. The summed E-state index contributed by atoms with van der Waals surface area (Å²) in [7, 11) is 4.32. The summed E-state index contributed by atoms with van der Waals surface area (Å²) in [5, 5.41) is 4.58. The molecule has 0 saturated heterocycles. The van der Waals surface area contributed by atoms with Crippen molar-refractivity contribution in [2.45, 2.75) is 50.3 Å². The molecule has 3 heteroatoms. The molecule has 2 atom stereocenters. The third-order valence-electron chi connectivity index (χ3n) is 3.20. The summed E-state index contributed by atoms with van der Waals surface area (Å²) in [4.78, 5) is 2.28. The van der Waals surface area contributed by atoms with Crippen LogP contribution in [0.1, 0.15) is 39.0 Å². The van der Waals surface area contributed by atoms with Gasteiger partial charge in [-0.1, -0.05) is 13.3 Å². The first-order valence-electron chi connectivity index (χ1n) is 6.72. The van der Waals surface area contributed by atoms with Crippen molar-refractivity contribution in [1.29, 1.82) is 0 Å². The van der Waals surface area contributed by atoms with Crippen LogP contribution in [0.3, 0.4) is 0 Å². The monoisotopic (exact) mass is 244 g/mol. The van der Waals surface area contributed by atoms with Gasteiger partial charge in [0.25, 0.3) is 0 Å². The molecule has 0 heterocycles. The molecule has 1 fully saturated rings. The Hall–Kier alpha value is 0.270. The van der Waals surface area contributed by atoms with Crippen LogP contribution in [0.25, 0.3) is 0 Å². The summed E-state index contributed by atoms with van der Waals surface area (Å²) in [5.74, 6) is 1.29. The van der Waals surface area contributed by atoms with E-state index in [2.05, 4.69) is 43.0 Å². The lowest BCUT2D eigenvalue weighted by atomic mass is 9.95. The maximum atomic E-state index is 3.68. The van der Waals surface area contributed by atoms with Gasteiger partial charge >= 0.3 is 0 Å². The van der Waals surface area contributed by atoms with Crippen molar-refractivity contribution < 1.29 is 0 Å². The second-order valence-electron chi connectivity index (χ2n) is 5.11. The molecule has 1 saturated carbocycles. The van der Waals surface area contributed by atoms with Crippen LogP contribution >= 0.6 is 11.8 Å². The van der Waals surface area contributed by atoms with Gasteiger partial charge < -0.3 is 10.2 Å². The second-order valence-corrected chi connectivity index (χ2v) is 6.52. The first-order valence-corrected chi connectivity index (χ1v) is 7.77. The molecule has 0 aromatic heterocycles. The van der Waals surface area contributed by atoms with Gasteiger partial charge in [-0.25, -0.2) is 0 Å². The van der Waals surface area contributed by atoms with Crippen molar-refractivity contribution in [2.75, 3.05) is 32.9 Å². The van der Waals surface area contributed by atoms with Crippen LogP contribution in [0.4, 0.5) is 0 Å². The molecular formula is C13H28N2S. The van der Waals surface area contributed by atoms with E-state index in [0.29, 0.717) is 0 Å². The summed E-state index contributed by atoms with van der Waals surface area (Å²) in [5.41, 5.74) is 0. The lowest BCUT2D eigenvalue weighted by Crippen LogP contribution is -2.35. The standard InChI is InChI=1S/C13H28N2S/c1-4-8-14-12-6-5-7-13(11-12)16-10-9-15(2)3/h12-14H,4-11H2,1-3H3. The van der Waals surface area contributed by atoms with Crippen molar-refractivity contribution in [2.24, 2.45) is 0 Å². The highest BCUT2D eigenvalue weighted by molar-refractivity contribution is 7.99. The number of nitrogens with one attached hydrogen (secondary N) is 1. The highest BCUT2D eigenvalue weighted by Crippen LogP contribution is 2.28. The normalized spacial score (nSPS) is 26.2. The van der Waals surface area contributed by atoms with Gasteiger partial charge in [0.15, 0.2) is 0 Å². The first-order chi connectivity index (χ1) is 7.72. The Labute approximate surface area is 106 Å². The zero-order chi connectivity index (χ0) is 11.8. The zero-order valence-corrected chi connectivity index (χ0v) is 12.0. The molecule has 1 rings (SSSR count). The first kappa shape index (κ1) is 14.3. The van der Waals surface area contributed by atoms with E-state index in [9.17, 15) is 0 Å². The minimum Gasteiger partial charge on any atom is -0.314 e. The Bertz CT molecular complexity index is 173. The van der Waals surface area contributed by atoms with E-state index in [1.807, 2.05) is 0 Å². The largest absolute Gasteiger partial charge is 0.314 e. The fourth-order valence-corrected chi connectivity index (χ4v) is 3.74. The van der Waals surface area contributed by atoms with Gasteiger partial charge in [-0.3, -0.25) is 0 Å². The summed E-state index contributed by atoms with van der Waals surface area (Å²) >= 11 is 2.18. The second kappa shape index (κ2) is 8.37. The van der Waals surface area contributed by atoms with Crippen LogP contribution in [0, 0.1) is 0 Å². The molecule has 96 valence electrons. The van der Waals surface area contributed by atoms with E-state index >= 15 is 0 Å². The molecule has 2 nitrogen and oxygen atoms in total. The summed E-state index contributed by atoms with van der Waals surface area (Å²) in [6.45, 7) is 4.66. The smallest absolute Gasteiger partial charge is 0.00776 e. The third-order valence-corrected chi connectivity index (χ3v) is 4.52. The summed E-state index contributed by atoms with van der Waals surface area (Å²) < 4.78 is 0. The molecule has 0 bridgehead atoms. The molecule has 1 aliphatic rings. The van der Waals surface area contributed by atoms with E-state index in [1.54, 1.807) is 0 Å². The Balaban J connectivity index is 2.12. The molecule has 1 N–H and O–H groups in total. The lowest BCUT2D eigenvalue weighted by molar-refractivity contribution is 0.381. The van der Waals surface area contributed by atoms with E-state index in [-0.39, 0.29) is 0 Å². The number of rotatable bonds is 7. The number of hydrogen-bond donors (Lipinski definition) is 1. The average Bonchev–Trinajstić information content (AvgIpc) is 2.26. The van der Waals surface area contributed by atoms with E-state index in [4.69, 9.17) is 0 Å². The van der Waals surface area contributed by atoms with Crippen molar-refractivity contribution in [1.82, 2.24) is 10.2 Å². The highest BCUT2D eigenvalue weighted by atomic mass is 32.2. The van der Waals surface area contributed by atoms with Gasteiger partial charge in [-0.15, -0.1) is 0 Å². The fourth-order valence-electron chi connectivity index (χ4n) is 2.23. The topological polar surface area (TPSA) is 15.3 Å². The van der Waals surface area contributed by atoms with Crippen LogP contribution in [-0.4, -0.2) is 49.1 Å². The maximum absolute atomic E-state index is 3.68. The van der Waals surface area contributed by atoms with E-state index < -0.39 is 0 Å². The minimum absolute atomic E-state index is 0.797. The molecule has 0 aliphatic heterocycles. The lowest BCUT2D eigenvalue weighted by Gasteiger charge is -2.29. The average molecular weight is 244 g/mol. The summed E-state index contributed by atoms with van der Waals surface area (Å²) in [6, 6.07) is 0.797. The van der Waals surface area contributed by atoms with Crippen LogP contribution < -0.4 is 5.32 Å². The van der Waals surface area contributed by atoms with Gasteiger partial charge in [-0.05, 0) is 46.3 Å². The third kappa shape index (κ3) is 6.12. The quantitative estimate of drug-likeness (QED) is 0.741. The molecule has 0 amide bonds. The Morgan fingerprint density at radius 2 is 2.12 bits per heavy atom. The molecule has 16 heavy (non-hydrogen) atoms. The molecule has 0 aromatic rings. The van der Waals surface area contributed by atoms with Crippen LogP contribution in [0.2, 0.25) is 0 Å². The van der Waals surface area contributed by atoms with Gasteiger partial charge in [0, 0.05) is 23.6 Å². The fraction of sp³-hybridized carbons (Fsp3) is 1.00. The van der Waals surface area contributed by atoms with Gasteiger partial charge in [0.1, 0.15) is 0 Å². The number of hydrogen-bond acceptors (Lipinski definition) is 3. The van der Waals surface area contributed by atoms with Crippen molar-refractivity contribution in [3.05, 3.63) is 0 Å². The Kier molecular flexibility index (Phi) is 7.50. The van der Waals surface area contributed by atoms with Crippen LogP contribution in [-0.2, 0) is 0 Å². The number of thioether (sulfide) groups is 1. The van der Waals surface area contributed by atoms with Crippen molar-refractivity contribution >= 4 is 11.8 Å². The van der Waals surface area contributed by atoms with Crippen LogP contribution in [0.5, 0.6) is 0 Å². The predicted octanol–water partition coefficient (Wildman–Crippen LogP) is 2.59. The van der Waals surface area contributed by atoms with Crippen molar-refractivity contribution in [3.8, 4) is 0 Å². The minimum atomic E-state index is 0.797. The van der Waals surface area contributed by atoms with Crippen LogP contribution in [0.15, 0.2) is 0 Å². The molecule has 0 radical (unpaired) electrons. The summed E-state index contributed by atoms with van der Waals surface area (Å²) in [6.07, 6.45) is 6.89. The Morgan fingerprint density at radius 1 is 1.31 bits per heavy atom. The maximum Gasteiger partial charge on any atom is 0.00776 e. The SMILES string of the molecule is CCCNC1CCCC(SCCN(C)C)C1. The predicted molar refractivity (Wildman–Crippen MR) is 75.3 cm³/mol. The van der Waals surface area contributed by atoms with E-state index in [1.165, 1.54) is 50.9 Å². The van der Waals surface area contributed by atoms with Gasteiger partial charge in [0.2, 0.25) is 0 Å². The zero-order valence-electron chi connectivity index (χ0n) is 11.2. The Morgan fingerprint density at radius 3 is 2.81 bits per heavy atom. The number of nitrogens with zero attached hydrogens (tertiary/aromatic N) is 1. The molecule has 0 aromatic carbocycles.